The Labute approximate surface area is 237 Å². The highest BCUT2D eigenvalue weighted by Gasteiger charge is 2.32. The zero-order valence-corrected chi connectivity index (χ0v) is 23.0. The SMILES string of the molecule is CN1c2ccccc2N(c2nc3c(-c4ccccn4)cccc3n2C)c2nc(-c3cccc4c3ccn4C)ccc21. The van der Waals surface area contributed by atoms with Crippen LogP contribution in [0.4, 0.5) is 28.8 Å². The lowest BCUT2D eigenvalue weighted by atomic mass is 10.1. The maximum atomic E-state index is 5.35. The van der Waals surface area contributed by atoms with E-state index in [2.05, 4.69) is 130 Å². The molecule has 198 valence electrons. The van der Waals surface area contributed by atoms with Gasteiger partial charge in [0.1, 0.15) is 5.52 Å². The normalized spacial score (nSPS) is 12.7. The lowest BCUT2D eigenvalue weighted by Crippen LogP contribution is -2.26. The molecule has 1 aliphatic rings. The number of nitrogens with zero attached hydrogens (tertiary/aromatic N) is 7. The molecule has 7 heteroatoms. The molecule has 1 aliphatic heterocycles. The molecule has 0 fully saturated rings. The van der Waals surface area contributed by atoms with Crippen LogP contribution >= 0.6 is 0 Å². The van der Waals surface area contributed by atoms with E-state index >= 15 is 0 Å². The first-order chi connectivity index (χ1) is 20.1. The van der Waals surface area contributed by atoms with E-state index in [1.165, 1.54) is 10.9 Å². The van der Waals surface area contributed by atoms with Crippen molar-refractivity contribution < 1.29 is 0 Å². The number of anilines is 5. The molecule has 0 N–H and O–H groups in total. The monoisotopic (exact) mass is 533 g/mol. The molecule has 0 radical (unpaired) electrons. The minimum absolute atomic E-state index is 0.799. The highest BCUT2D eigenvalue weighted by Crippen LogP contribution is 2.50. The van der Waals surface area contributed by atoms with Crippen LogP contribution in [0.15, 0.2) is 109 Å². The van der Waals surface area contributed by atoms with Crippen molar-refractivity contribution in [2.24, 2.45) is 14.1 Å². The number of rotatable bonds is 3. The average molecular weight is 534 g/mol. The van der Waals surface area contributed by atoms with Crippen molar-refractivity contribution in [3.8, 4) is 22.5 Å². The van der Waals surface area contributed by atoms with Crippen LogP contribution in [0.2, 0.25) is 0 Å². The third-order valence-electron chi connectivity index (χ3n) is 8.14. The molecular formula is C34H27N7. The first kappa shape index (κ1) is 23.5. The predicted octanol–water partition coefficient (Wildman–Crippen LogP) is 7.74. The van der Waals surface area contributed by atoms with E-state index in [0.717, 1.165) is 62.4 Å². The number of aryl methyl sites for hydroxylation is 2. The lowest BCUT2D eigenvalue weighted by molar-refractivity contribution is 0.911. The Hall–Kier alpha value is -5.43. The second kappa shape index (κ2) is 8.79. The van der Waals surface area contributed by atoms with Gasteiger partial charge in [0.05, 0.1) is 34.0 Å². The smallest absolute Gasteiger partial charge is 0.216 e. The summed E-state index contributed by atoms with van der Waals surface area (Å²) in [6, 6.07) is 33.5. The quantitative estimate of drug-likeness (QED) is 0.233. The highest BCUT2D eigenvalue weighted by molar-refractivity contribution is 6.00. The molecule has 0 spiro atoms. The Morgan fingerprint density at radius 1 is 0.585 bits per heavy atom. The summed E-state index contributed by atoms with van der Waals surface area (Å²) in [5.74, 6) is 1.64. The van der Waals surface area contributed by atoms with Gasteiger partial charge < -0.3 is 14.0 Å². The number of para-hydroxylation sites is 3. The number of fused-ring (bicyclic) bond motifs is 4. The van der Waals surface area contributed by atoms with Crippen LogP contribution in [0, 0.1) is 0 Å². The van der Waals surface area contributed by atoms with E-state index in [0.29, 0.717) is 0 Å². The number of imidazole rings is 1. The Kier molecular flexibility index (Phi) is 5.03. The van der Waals surface area contributed by atoms with Crippen molar-refractivity contribution in [2.45, 2.75) is 0 Å². The molecule has 41 heavy (non-hydrogen) atoms. The van der Waals surface area contributed by atoms with Gasteiger partial charge in [0.2, 0.25) is 5.95 Å². The van der Waals surface area contributed by atoms with Gasteiger partial charge in [0.15, 0.2) is 5.82 Å². The molecule has 0 saturated carbocycles. The van der Waals surface area contributed by atoms with Crippen molar-refractivity contribution in [2.75, 3.05) is 16.8 Å². The Morgan fingerprint density at radius 2 is 1.37 bits per heavy atom. The van der Waals surface area contributed by atoms with Gasteiger partial charge in [-0.1, -0.05) is 42.5 Å². The first-order valence-electron chi connectivity index (χ1n) is 13.7. The third kappa shape index (κ3) is 3.42. The summed E-state index contributed by atoms with van der Waals surface area (Å²) in [5, 5.41) is 1.18. The van der Waals surface area contributed by atoms with Crippen molar-refractivity contribution in [1.29, 1.82) is 0 Å². The molecule has 0 bridgehead atoms. The summed E-state index contributed by atoms with van der Waals surface area (Å²) in [6.07, 6.45) is 3.92. The van der Waals surface area contributed by atoms with Crippen molar-refractivity contribution in [1.82, 2.24) is 24.1 Å². The van der Waals surface area contributed by atoms with E-state index in [4.69, 9.17) is 9.97 Å². The maximum Gasteiger partial charge on any atom is 0.216 e. The number of benzene rings is 3. The number of pyridine rings is 2. The molecule has 0 atom stereocenters. The van der Waals surface area contributed by atoms with Gasteiger partial charge in [-0.3, -0.25) is 9.88 Å². The second-order valence-corrected chi connectivity index (χ2v) is 10.4. The van der Waals surface area contributed by atoms with Crippen LogP contribution in [0.25, 0.3) is 44.5 Å². The van der Waals surface area contributed by atoms with Crippen LogP contribution in [-0.4, -0.2) is 31.1 Å². The fourth-order valence-corrected chi connectivity index (χ4v) is 6.06. The molecular weight excluding hydrogens is 506 g/mol. The van der Waals surface area contributed by atoms with Crippen LogP contribution in [0.5, 0.6) is 0 Å². The Balaban J connectivity index is 1.38. The van der Waals surface area contributed by atoms with Crippen LogP contribution < -0.4 is 9.80 Å². The summed E-state index contributed by atoms with van der Waals surface area (Å²) in [6.45, 7) is 0. The minimum Gasteiger partial charge on any atom is -0.351 e. The topological polar surface area (TPSA) is 55.0 Å². The minimum atomic E-state index is 0.799. The number of aromatic nitrogens is 5. The summed E-state index contributed by atoms with van der Waals surface area (Å²) < 4.78 is 4.30. The van der Waals surface area contributed by atoms with Gasteiger partial charge in [-0.25, -0.2) is 9.97 Å². The molecule has 0 amide bonds. The molecule has 4 aromatic heterocycles. The Morgan fingerprint density at radius 3 is 2.20 bits per heavy atom. The summed E-state index contributed by atoms with van der Waals surface area (Å²) >= 11 is 0. The van der Waals surface area contributed by atoms with E-state index in [1.54, 1.807) is 0 Å². The fourth-order valence-electron chi connectivity index (χ4n) is 6.06. The zero-order valence-electron chi connectivity index (χ0n) is 23.0. The molecule has 0 aliphatic carbocycles. The predicted molar refractivity (Wildman–Crippen MR) is 166 cm³/mol. The van der Waals surface area contributed by atoms with Crippen LogP contribution in [-0.2, 0) is 14.1 Å². The van der Waals surface area contributed by atoms with Gasteiger partial charge in [-0.05, 0) is 54.6 Å². The highest BCUT2D eigenvalue weighted by atomic mass is 15.4. The van der Waals surface area contributed by atoms with Gasteiger partial charge in [-0.15, -0.1) is 0 Å². The van der Waals surface area contributed by atoms with E-state index in [9.17, 15) is 0 Å². The summed E-state index contributed by atoms with van der Waals surface area (Å²) in [4.78, 5) is 19.7. The summed E-state index contributed by atoms with van der Waals surface area (Å²) in [7, 11) is 6.25. The standard InChI is InChI=1S/C34H27N7/c1-38-21-19-23-22(10-8-15-27(23)38)26-17-18-31-33(36-26)41(29-14-5-4-13-28(29)39(31)2)34-37-32-24(25-12-6-7-20-35-25)11-9-16-30(32)40(34)3/h4-21H,1-3H3. The molecule has 8 rings (SSSR count). The summed E-state index contributed by atoms with van der Waals surface area (Å²) in [5.41, 5.74) is 10.2. The average Bonchev–Trinajstić information content (AvgIpc) is 3.57. The van der Waals surface area contributed by atoms with Crippen molar-refractivity contribution >= 4 is 50.8 Å². The van der Waals surface area contributed by atoms with Gasteiger partial charge in [0, 0.05) is 55.6 Å². The molecule has 3 aromatic carbocycles. The molecule has 0 saturated heterocycles. The molecule has 7 nitrogen and oxygen atoms in total. The lowest BCUT2D eigenvalue weighted by Gasteiger charge is -2.37. The van der Waals surface area contributed by atoms with Crippen molar-refractivity contribution in [3.05, 3.63) is 109 Å². The van der Waals surface area contributed by atoms with E-state index in [1.807, 2.05) is 24.4 Å². The molecule has 5 heterocycles. The van der Waals surface area contributed by atoms with Crippen LogP contribution in [0.1, 0.15) is 0 Å². The fraction of sp³-hybridized carbons (Fsp3) is 0.0882. The van der Waals surface area contributed by atoms with Crippen molar-refractivity contribution in [3.63, 3.8) is 0 Å². The first-order valence-corrected chi connectivity index (χ1v) is 13.7. The van der Waals surface area contributed by atoms with Gasteiger partial charge in [-0.2, -0.15) is 0 Å². The van der Waals surface area contributed by atoms with E-state index < -0.39 is 0 Å². The van der Waals surface area contributed by atoms with Gasteiger partial charge in [0.25, 0.3) is 0 Å². The maximum absolute atomic E-state index is 5.35. The zero-order chi connectivity index (χ0) is 27.7. The van der Waals surface area contributed by atoms with Crippen LogP contribution in [0.3, 0.4) is 0 Å². The molecule has 0 unspecified atom stereocenters. The molecule has 7 aromatic rings. The second-order valence-electron chi connectivity index (χ2n) is 10.4. The van der Waals surface area contributed by atoms with Gasteiger partial charge >= 0.3 is 0 Å². The Bertz CT molecular complexity index is 2110. The number of hydrogen-bond donors (Lipinski definition) is 0. The largest absolute Gasteiger partial charge is 0.351 e. The number of hydrogen-bond acceptors (Lipinski definition) is 5. The third-order valence-corrected chi connectivity index (χ3v) is 8.14. The van der Waals surface area contributed by atoms with E-state index in [-0.39, 0.29) is 0 Å².